The average molecular weight is 224 g/mol. The maximum atomic E-state index is 5.70. The minimum Gasteiger partial charge on any atom is -0.377 e. The van der Waals surface area contributed by atoms with E-state index in [1.807, 2.05) is 18.8 Å². The van der Waals surface area contributed by atoms with Crippen molar-refractivity contribution in [3.63, 3.8) is 0 Å². The molecule has 1 unspecified atom stereocenters. The zero-order valence-corrected chi connectivity index (χ0v) is 10.2. The van der Waals surface area contributed by atoms with Crippen LogP contribution in [0.5, 0.6) is 0 Å². The van der Waals surface area contributed by atoms with E-state index in [1.165, 1.54) is 6.42 Å². The monoisotopic (exact) mass is 224 g/mol. The highest BCUT2D eigenvalue weighted by Gasteiger charge is 2.44. The Balaban J connectivity index is 2.08. The number of nitrogens with zero attached hydrogens (tertiary/aromatic N) is 3. The van der Waals surface area contributed by atoms with E-state index in [1.54, 1.807) is 13.4 Å². The fraction of sp³-hybridized carbons (Fsp3) is 0.818. The van der Waals surface area contributed by atoms with Gasteiger partial charge in [-0.25, -0.2) is 4.98 Å². The molecule has 0 saturated heterocycles. The Morgan fingerprint density at radius 3 is 2.75 bits per heavy atom. The summed E-state index contributed by atoms with van der Waals surface area (Å²) in [6.45, 7) is 0. The van der Waals surface area contributed by atoms with Gasteiger partial charge in [0, 0.05) is 26.6 Å². The Hall–Kier alpha value is -0.940. The summed E-state index contributed by atoms with van der Waals surface area (Å²) >= 11 is 0. The topological polar surface area (TPSA) is 52.0 Å². The van der Waals surface area contributed by atoms with Crippen molar-refractivity contribution in [3.8, 4) is 0 Å². The molecule has 0 aromatic carbocycles. The van der Waals surface area contributed by atoms with Crippen molar-refractivity contribution in [3.05, 3.63) is 12.2 Å². The Labute approximate surface area is 96.2 Å². The standard InChI is InChI=1S/C11H20N4O/c1-12-9(11(16-3)5-4-6-11)7-10-13-8-14-15(10)2/h8-9,12H,4-7H2,1-3H3. The predicted octanol–water partition coefficient (Wildman–Crippen LogP) is 0.515. The van der Waals surface area contributed by atoms with Gasteiger partial charge >= 0.3 is 0 Å². The van der Waals surface area contributed by atoms with Gasteiger partial charge in [0.15, 0.2) is 0 Å². The fourth-order valence-corrected chi connectivity index (χ4v) is 2.46. The fourth-order valence-electron chi connectivity index (χ4n) is 2.46. The molecule has 5 nitrogen and oxygen atoms in total. The van der Waals surface area contributed by atoms with Crippen molar-refractivity contribution in [1.82, 2.24) is 20.1 Å². The third-order valence-electron chi connectivity index (χ3n) is 3.78. The molecule has 1 atom stereocenters. The molecule has 1 aliphatic carbocycles. The Bertz CT molecular complexity index is 340. The van der Waals surface area contributed by atoms with Crippen molar-refractivity contribution in [2.45, 2.75) is 37.3 Å². The first kappa shape index (κ1) is 11.5. The third kappa shape index (κ3) is 1.85. The highest BCUT2D eigenvalue weighted by atomic mass is 16.5. The van der Waals surface area contributed by atoms with Gasteiger partial charge in [0.25, 0.3) is 0 Å². The van der Waals surface area contributed by atoms with E-state index in [0.717, 1.165) is 25.1 Å². The van der Waals surface area contributed by atoms with Gasteiger partial charge in [-0.1, -0.05) is 0 Å². The molecule has 0 bridgehead atoms. The maximum absolute atomic E-state index is 5.70. The number of rotatable bonds is 5. The first-order valence-corrected chi connectivity index (χ1v) is 5.77. The first-order valence-electron chi connectivity index (χ1n) is 5.77. The number of hydrogen-bond acceptors (Lipinski definition) is 4. The van der Waals surface area contributed by atoms with Gasteiger partial charge < -0.3 is 10.1 Å². The number of aryl methyl sites for hydroxylation is 1. The smallest absolute Gasteiger partial charge is 0.138 e. The zero-order chi connectivity index (χ0) is 11.6. The lowest BCUT2D eigenvalue weighted by Crippen LogP contribution is -2.56. The van der Waals surface area contributed by atoms with Crippen LogP contribution in [0.15, 0.2) is 6.33 Å². The van der Waals surface area contributed by atoms with E-state index in [-0.39, 0.29) is 5.60 Å². The van der Waals surface area contributed by atoms with Gasteiger partial charge in [0.05, 0.1) is 5.60 Å². The van der Waals surface area contributed by atoms with E-state index < -0.39 is 0 Å². The van der Waals surface area contributed by atoms with Gasteiger partial charge in [0.2, 0.25) is 0 Å². The van der Waals surface area contributed by atoms with Crippen LogP contribution in [0.2, 0.25) is 0 Å². The lowest BCUT2D eigenvalue weighted by molar-refractivity contribution is -0.0971. The summed E-state index contributed by atoms with van der Waals surface area (Å²) in [7, 11) is 5.72. The van der Waals surface area contributed by atoms with E-state index in [9.17, 15) is 0 Å². The Morgan fingerprint density at radius 1 is 1.62 bits per heavy atom. The molecule has 16 heavy (non-hydrogen) atoms. The van der Waals surface area contributed by atoms with Crippen molar-refractivity contribution in [2.75, 3.05) is 14.2 Å². The quantitative estimate of drug-likeness (QED) is 0.792. The van der Waals surface area contributed by atoms with Crippen molar-refractivity contribution in [1.29, 1.82) is 0 Å². The minimum absolute atomic E-state index is 0.000694. The average Bonchev–Trinajstić information content (AvgIpc) is 2.62. The predicted molar refractivity (Wildman–Crippen MR) is 61.1 cm³/mol. The molecule has 0 spiro atoms. The second-order valence-electron chi connectivity index (χ2n) is 4.47. The molecule has 1 aliphatic rings. The van der Waals surface area contributed by atoms with Crippen LogP contribution in [0.3, 0.4) is 0 Å². The lowest BCUT2D eigenvalue weighted by Gasteiger charge is -2.46. The van der Waals surface area contributed by atoms with Crippen molar-refractivity contribution >= 4 is 0 Å². The number of hydrogen-bond donors (Lipinski definition) is 1. The molecule has 0 aliphatic heterocycles. The summed E-state index contributed by atoms with van der Waals surface area (Å²) in [5.74, 6) is 1.00. The van der Waals surface area contributed by atoms with Crippen LogP contribution in [0.4, 0.5) is 0 Å². The van der Waals surface area contributed by atoms with Gasteiger partial charge in [0.1, 0.15) is 12.2 Å². The molecular weight excluding hydrogens is 204 g/mol. The van der Waals surface area contributed by atoms with Gasteiger partial charge in [-0.2, -0.15) is 5.10 Å². The summed E-state index contributed by atoms with van der Waals surface area (Å²) in [5.41, 5.74) is 0.000694. The van der Waals surface area contributed by atoms with E-state index in [2.05, 4.69) is 15.4 Å². The molecule has 1 aromatic heterocycles. The van der Waals surface area contributed by atoms with Crippen LogP contribution in [0, 0.1) is 0 Å². The van der Waals surface area contributed by atoms with Crippen molar-refractivity contribution in [2.24, 2.45) is 7.05 Å². The molecule has 90 valence electrons. The van der Waals surface area contributed by atoms with Crippen LogP contribution < -0.4 is 5.32 Å². The van der Waals surface area contributed by atoms with Crippen molar-refractivity contribution < 1.29 is 4.74 Å². The maximum Gasteiger partial charge on any atom is 0.138 e. The van der Waals surface area contributed by atoms with Crippen LogP contribution in [-0.2, 0) is 18.2 Å². The summed E-state index contributed by atoms with van der Waals surface area (Å²) in [6, 6.07) is 0.314. The van der Waals surface area contributed by atoms with Crippen LogP contribution in [-0.4, -0.2) is 40.6 Å². The molecule has 2 rings (SSSR count). The van der Waals surface area contributed by atoms with Crippen LogP contribution >= 0.6 is 0 Å². The van der Waals surface area contributed by atoms with Gasteiger partial charge in [-0.05, 0) is 26.3 Å². The normalized spacial score (nSPS) is 20.4. The molecule has 1 N–H and O–H groups in total. The molecule has 1 saturated carbocycles. The molecular formula is C11H20N4O. The summed E-state index contributed by atoms with van der Waals surface area (Å²) < 4.78 is 7.52. The third-order valence-corrected chi connectivity index (χ3v) is 3.78. The summed E-state index contributed by atoms with van der Waals surface area (Å²) in [6.07, 6.45) is 5.98. The first-order chi connectivity index (χ1) is 7.72. The number of ether oxygens (including phenoxy) is 1. The number of methoxy groups -OCH3 is 1. The second kappa shape index (κ2) is 4.51. The van der Waals surface area contributed by atoms with E-state index in [0.29, 0.717) is 6.04 Å². The van der Waals surface area contributed by atoms with Gasteiger partial charge in [-0.3, -0.25) is 4.68 Å². The lowest BCUT2D eigenvalue weighted by atomic mass is 9.73. The number of aromatic nitrogens is 3. The number of nitrogens with one attached hydrogen (secondary N) is 1. The molecule has 0 amide bonds. The Kier molecular flexibility index (Phi) is 3.25. The summed E-state index contributed by atoms with van der Waals surface area (Å²) in [5, 5.41) is 7.45. The molecule has 1 aromatic rings. The molecule has 0 radical (unpaired) electrons. The summed E-state index contributed by atoms with van der Waals surface area (Å²) in [4.78, 5) is 4.27. The van der Waals surface area contributed by atoms with E-state index >= 15 is 0 Å². The SMILES string of the molecule is CNC(Cc1ncnn1C)C1(OC)CCC1. The zero-order valence-electron chi connectivity index (χ0n) is 10.2. The van der Waals surface area contributed by atoms with Gasteiger partial charge in [-0.15, -0.1) is 0 Å². The molecule has 1 heterocycles. The molecule has 5 heteroatoms. The van der Waals surface area contributed by atoms with E-state index in [4.69, 9.17) is 4.74 Å². The largest absolute Gasteiger partial charge is 0.377 e. The molecule has 1 fully saturated rings. The minimum atomic E-state index is 0.000694. The highest BCUT2D eigenvalue weighted by Crippen LogP contribution is 2.38. The Morgan fingerprint density at radius 2 is 2.38 bits per heavy atom. The van der Waals surface area contributed by atoms with Crippen LogP contribution in [0.1, 0.15) is 25.1 Å². The second-order valence-corrected chi connectivity index (χ2v) is 4.47. The number of likely N-dealkylation sites (N-methyl/N-ethyl adjacent to an activating group) is 1. The highest BCUT2D eigenvalue weighted by molar-refractivity contribution is 5.03. The van der Waals surface area contributed by atoms with Crippen LogP contribution in [0.25, 0.3) is 0 Å².